The van der Waals surface area contributed by atoms with Crippen molar-refractivity contribution < 1.29 is 35.0 Å². The topological polar surface area (TPSA) is 126 Å². The molecule has 0 unspecified atom stereocenters. The van der Waals surface area contributed by atoms with Gasteiger partial charge in [-0.15, -0.1) is 0 Å². The van der Waals surface area contributed by atoms with Crippen molar-refractivity contribution in [3.8, 4) is 0 Å². The van der Waals surface area contributed by atoms with Crippen molar-refractivity contribution in [3.63, 3.8) is 0 Å². The van der Waals surface area contributed by atoms with Crippen molar-refractivity contribution in [2.24, 2.45) is 0 Å². The Balaban J connectivity index is -0.00000000200. The average molecular weight is 206 g/mol. The van der Waals surface area contributed by atoms with Crippen molar-refractivity contribution in [3.05, 3.63) is 0 Å². The van der Waals surface area contributed by atoms with E-state index in [0.29, 0.717) is 0 Å². The molecular weight excluding hydrogens is 198 g/mol. The van der Waals surface area contributed by atoms with Crippen molar-refractivity contribution in [1.29, 1.82) is 0 Å². The summed E-state index contributed by atoms with van der Waals surface area (Å²) >= 11 is 0.194. The van der Waals surface area contributed by atoms with Gasteiger partial charge in [0, 0.05) is 18.9 Å². The fourth-order valence-corrected chi connectivity index (χ4v) is 0. The van der Waals surface area contributed by atoms with Crippen molar-refractivity contribution in [1.82, 2.24) is 0 Å². The Morgan fingerprint density at radius 1 is 0.750 bits per heavy atom. The van der Waals surface area contributed by atoms with Gasteiger partial charge in [-0.05, 0) is 0 Å². The van der Waals surface area contributed by atoms with Gasteiger partial charge in [-0.1, -0.05) is 0 Å². The molecule has 0 saturated heterocycles. The van der Waals surface area contributed by atoms with Crippen LogP contribution >= 0.6 is 20.2 Å². The second-order valence-corrected chi connectivity index (χ2v) is 1.87. The Hall–Kier alpha value is 1.54. The van der Waals surface area contributed by atoms with Crippen LogP contribution < -0.4 is 0 Å². The Bertz CT molecular complexity index is 14.0. The number of rotatable bonds is 0. The largest absolute Gasteiger partial charge is 0 e. The predicted octanol–water partition coefficient (Wildman–Crippen LogP) is -2.30. The molecule has 0 bridgehead atoms. The van der Waals surface area contributed by atoms with Crippen molar-refractivity contribution in [2.45, 2.75) is 0 Å². The summed E-state index contributed by atoms with van der Waals surface area (Å²) in [5.74, 6) is 0. The zero-order chi connectivity index (χ0) is 2.71. The van der Waals surface area contributed by atoms with E-state index < -0.39 is 0 Å². The molecule has 0 spiro atoms. The summed E-state index contributed by atoms with van der Waals surface area (Å²) in [5, 5.41) is 0. The zero-order valence-corrected chi connectivity index (χ0v) is 6.73. The van der Waals surface area contributed by atoms with Gasteiger partial charge in [0.2, 0.25) is 0 Å². The Labute approximate surface area is 73.9 Å². The van der Waals surface area contributed by atoms with Gasteiger partial charge in [-0.25, -0.2) is 0 Å². The Kier molecular flexibility index (Phi) is 523. The molecule has 4 nitrogen and oxygen atoms in total. The maximum absolute atomic E-state index is 4.76. The first kappa shape index (κ1) is 55.6. The molecule has 55 valence electrons. The molecule has 0 amide bonds. The van der Waals surface area contributed by atoms with E-state index in [1.54, 1.807) is 0 Å². The molecule has 8 heteroatoms. The first-order valence-corrected chi connectivity index (χ1v) is 3.31. The summed E-state index contributed by atoms with van der Waals surface area (Å²) in [7, 11) is 9.53. The molecule has 0 aliphatic heterocycles. The minimum absolute atomic E-state index is 0. The van der Waals surface area contributed by atoms with Crippen LogP contribution in [0.2, 0.25) is 0 Å². The molecule has 0 saturated carbocycles. The third-order valence-electron chi connectivity index (χ3n) is 0. The molecule has 0 aromatic rings. The van der Waals surface area contributed by atoms with Crippen LogP contribution in [-0.2, 0) is 13.1 Å². The van der Waals surface area contributed by atoms with E-state index >= 15 is 0 Å². The van der Waals surface area contributed by atoms with Gasteiger partial charge in [0.05, 0.1) is 0 Å². The molecule has 0 atom stereocenters. The van der Waals surface area contributed by atoms with E-state index in [4.69, 9.17) is 20.2 Å². The number of hydrogen-bond acceptors (Lipinski definition) is 0. The third-order valence-corrected chi connectivity index (χ3v) is 0. The van der Waals surface area contributed by atoms with Crippen LogP contribution in [0.5, 0.6) is 0 Å². The van der Waals surface area contributed by atoms with Crippen LogP contribution in [0.25, 0.3) is 0 Å². The quantitative estimate of drug-likeness (QED) is 0.395. The molecule has 0 aliphatic carbocycles. The van der Waals surface area contributed by atoms with Crippen LogP contribution in [0.15, 0.2) is 0 Å². The summed E-state index contributed by atoms with van der Waals surface area (Å²) in [5.41, 5.74) is 0. The first-order chi connectivity index (χ1) is 1.41. The molecule has 1 radical (unpaired) electrons. The van der Waals surface area contributed by atoms with E-state index in [1.807, 2.05) is 0 Å². The van der Waals surface area contributed by atoms with Gasteiger partial charge in [0.15, 0.2) is 0 Å². The van der Waals surface area contributed by atoms with Gasteiger partial charge in [-0.3, -0.25) is 0 Å². The zero-order valence-electron chi connectivity index (χ0n) is 4.11. The SMILES string of the molecule is O.O.O.O.[Cl][Fe][Cl].[Li]. The van der Waals surface area contributed by atoms with Gasteiger partial charge in [0.1, 0.15) is 0 Å². The molecule has 0 aromatic carbocycles. The summed E-state index contributed by atoms with van der Waals surface area (Å²) < 4.78 is 0. The molecule has 0 fully saturated rings. The average Bonchev–Trinajstić information content (AvgIpc) is 0.918. The minimum atomic E-state index is 0. The smallest absolute Gasteiger partial charge is 0 e. The summed E-state index contributed by atoms with van der Waals surface area (Å²) in [6, 6.07) is 0. The normalized spacial score (nSPS) is 2.75. The van der Waals surface area contributed by atoms with E-state index in [2.05, 4.69) is 0 Å². The van der Waals surface area contributed by atoms with E-state index in [0.717, 1.165) is 0 Å². The van der Waals surface area contributed by atoms with Crippen LogP contribution in [0.3, 0.4) is 0 Å². The molecule has 0 aliphatic rings. The maximum atomic E-state index is 4.76. The molecule has 8 N–H and O–H groups in total. The van der Waals surface area contributed by atoms with Crippen molar-refractivity contribution in [2.75, 3.05) is 0 Å². The standard InChI is InChI=1S/2ClH.Fe.Li.4H2O/h2*1H;;;4*1H2/q;;+2;;;;;/p-2. The van der Waals surface area contributed by atoms with Crippen LogP contribution in [0, 0.1) is 0 Å². The fourth-order valence-electron chi connectivity index (χ4n) is 0. The van der Waals surface area contributed by atoms with Crippen molar-refractivity contribution >= 4 is 39.1 Å². The van der Waals surface area contributed by atoms with Crippen LogP contribution in [0.1, 0.15) is 0 Å². The summed E-state index contributed by atoms with van der Waals surface area (Å²) in [6.07, 6.45) is 0. The second kappa shape index (κ2) is 75.3. The summed E-state index contributed by atoms with van der Waals surface area (Å²) in [6.45, 7) is 0. The van der Waals surface area contributed by atoms with Gasteiger partial charge in [0.25, 0.3) is 0 Å². The molecule has 0 rings (SSSR count). The van der Waals surface area contributed by atoms with Crippen LogP contribution in [-0.4, -0.2) is 40.8 Å². The molecule has 0 heterocycles. The first-order valence-electron chi connectivity index (χ1n) is 0.267. The monoisotopic (exact) mass is 205 g/mol. The van der Waals surface area contributed by atoms with E-state index in [9.17, 15) is 0 Å². The Morgan fingerprint density at radius 2 is 0.750 bits per heavy atom. The van der Waals surface area contributed by atoms with Gasteiger partial charge in [-0.2, -0.15) is 0 Å². The molecule has 8 heavy (non-hydrogen) atoms. The van der Waals surface area contributed by atoms with Crippen LogP contribution in [0.4, 0.5) is 0 Å². The van der Waals surface area contributed by atoms with E-state index in [-0.39, 0.29) is 53.9 Å². The maximum Gasteiger partial charge on any atom is 0 e. The Morgan fingerprint density at radius 3 is 0.750 bits per heavy atom. The summed E-state index contributed by atoms with van der Waals surface area (Å²) in [4.78, 5) is 0. The fraction of sp³-hybridized carbons (Fsp3) is 0. The van der Waals surface area contributed by atoms with Gasteiger partial charge < -0.3 is 21.9 Å². The number of halogens is 2. The minimum Gasteiger partial charge on any atom is 0 e. The molecule has 0 aromatic heterocycles. The predicted molar refractivity (Wildman–Crippen MR) is 31.9 cm³/mol. The van der Waals surface area contributed by atoms with Gasteiger partial charge >= 0.3 is 33.3 Å². The second-order valence-electron chi connectivity index (χ2n) is 0.0505. The third kappa shape index (κ3) is 136. The number of hydrogen-bond donors (Lipinski definition) is 0. The van der Waals surface area contributed by atoms with E-state index in [1.165, 1.54) is 0 Å². The molecular formula is H8Cl2FeLiO4.